The number of benzene rings is 1. The van der Waals surface area contributed by atoms with E-state index in [2.05, 4.69) is 0 Å². The van der Waals surface area contributed by atoms with Crippen LogP contribution in [-0.2, 0) is 11.2 Å². The van der Waals surface area contributed by atoms with Gasteiger partial charge >= 0.3 is 0 Å². The van der Waals surface area contributed by atoms with E-state index in [1.165, 1.54) is 16.7 Å². The van der Waals surface area contributed by atoms with Crippen LogP contribution in [0.15, 0.2) is 41.5 Å². The van der Waals surface area contributed by atoms with Crippen molar-refractivity contribution in [1.29, 1.82) is 0 Å². The summed E-state index contributed by atoms with van der Waals surface area (Å²) >= 11 is 0. The van der Waals surface area contributed by atoms with E-state index in [0.29, 0.717) is 11.8 Å². The average molecular weight is 254 g/mol. The molecule has 0 radical (unpaired) electrons. The fraction of sp³-hybridized carbons (Fsp3) is 0.353. The number of ketones is 1. The molecule has 0 spiro atoms. The molecule has 1 aromatic carbocycles. The van der Waals surface area contributed by atoms with Gasteiger partial charge in [-0.3, -0.25) is 4.79 Å². The standard InChI is InChI=1S/C17H15FO/c18-11-2-4-12-10(9-11)1-3-14-13(12)5-6-16-15(14)7-8-17(16)19/h2,4,7-9,13-14H,1,3,5-6H2. The van der Waals surface area contributed by atoms with E-state index in [4.69, 9.17) is 0 Å². The number of carbonyl (C=O) groups is 1. The molecule has 0 saturated heterocycles. The number of aryl methyl sites for hydroxylation is 1. The Balaban J connectivity index is 1.79. The predicted octanol–water partition coefficient (Wildman–Crippen LogP) is 3.70. The molecule has 1 nitrogen and oxygen atoms in total. The molecule has 2 atom stereocenters. The SMILES string of the molecule is O=C1C=CC2=C1CCC1c3ccc(F)cc3CCC21. The highest BCUT2D eigenvalue weighted by Crippen LogP contribution is 2.49. The molecule has 2 unspecified atom stereocenters. The van der Waals surface area contributed by atoms with Crippen LogP contribution in [0, 0.1) is 11.7 Å². The lowest BCUT2D eigenvalue weighted by molar-refractivity contribution is -0.111. The third-order valence-corrected chi connectivity index (χ3v) is 4.88. The lowest BCUT2D eigenvalue weighted by atomic mass is 9.66. The summed E-state index contributed by atoms with van der Waals surface area (Å²) in [6, 6.07) is 5.21. The molecule has 0 bridgehead atoms. The third kappa shape index (κ3) is 1.55. The van der Waals surface area contributed by atoms with Crippen molar-refractivity contribution >= 4 is 5.78 Å². The van der Waals surface area contributed by atoms with Crippen LogP contribution in [0.3, 0.4) is 0 Å². The number of hydrogen-bond donors (Lipinski definition) is 0. The fourth-order valence-corrected chi connectivity index (χ4v) is 4.03. The third-order valence-electron chi connectivity index (χ3n) is 4.88. The van der Waals surface area contributed by atoms with Gasteiger partial charge in [-0.25, -0.2) is 4.39 Å². The van der Waals surface area contributed by atoms with Gasteiger partial charge in [-0.1, -0.05) is 12.1 Å². The first kappa shape index (κ1) is 11.2. The quantitative estimate of drug-likeness (QED) is 0.690. The van der Waals surface area contributed by atoms with Crippen molar-refractivity contribution in [1.82, 2.24) is 0 Å². The van der Waals surface area contributed by atoms with Crippen molar-refractivity contribution in [2.45, 2.75) is 31.6 Å². The van der Waals surface area contributed by atoms with E-state index in [1.807, 2.05) is 12.1 Å². The molecular weight excluding hydrogens is 239 g/mol. The summed E-state index contributed by atoms with van der Waals surface area (Å²) in [7, 11) is 0. The van der Waals surface area contributed by atoms with Crippen molar-refractivity contribution in [3.8, 4) is 0 Å². The van der Waals surface area contributed by atoms with Gasteiger partial charge in [0.1, 0.15) is 5.82 Å². The van der Waals surface area contributed by atoms with E-state index in [1.54, 1.807) is 18.2 Å². The van der Waals surface area contributed by atoms with Gasteiger partial charge in [0.15, 0.2) is 5.78 Å². The van der Waals surface area contributed by atoms with Gasteiger partial charge in [0, 0.05) is 5.57 Å². The molecule has 0 heterocycles. The zero-order valence-corrected chi connectivity index (χ0v) is 10.7. The van der Waals surface area contributed by atoms with Crippen LogP contribution in [0.5, 0.6) is 0 Å². The minimum absolute atomic E-state index is 0.135. The fourth-order valence-electron chi connectivity index (χ4n) is 4.03. The Kier molecular flexibility index (Phi) is 2.29. The molecule has 4 rings (SSSR count). The second kappa shape index (κ2) is 3.89. The van der Waals surface area contributed by atoms with E-state index >= 15 is 0 Å². The first-order chi connectivity index (χ1) is 9.24. The first-order valence-corrected chi connectivity index (χ1v) is 6.98. The van der Waals surface area contributed by atoms with Gasteiger partial charge in [0.05, 0.1) is 0 Å². The van der Waals surface area contributed by atoms with Crippen LogP contribution in [0.4, 0.5) is 4.39 Å². The van der Waals surface area contributed by atoms with Crippen molar-refractivity contribution in [3.05, 3.63) is 58.4 Å². The zero-order chi connectivity index (χ0) is 13.0. The largest absolute Gasteiger partial charge is 0.290 e. The molecule has 96 valence electrons. The van der Waals surface area contributed by atoms with Crippen molar-refractivity contribution in [3.63, 3.8) is 0 Å². The van der Waals surface area contributed by atoms with Gasteiger partial charge < -0.3 is 0 Å². The number of rotatable bonds is 0. The summed E-state index contributed by atoms with van der Waals surface area (Å²) < 4.78 is 13.3. The number of fused-ring (bicyclic) bond motifs is 4. The van der Waals surface area contributed by atoms with Crippen molar-refractivity contribution in [2.24, 2.45) is 5.92 Å². The Hall–Kier alpha value is -1.70. The predicted molar refractivity (Wildman–Crippen MR) is 71.4 cm³/mol. The summed E-state index contributed by atoms with van der Waals surface area (Å²) in [4.78, 5) is 11.8. The molecule has 0 aromatic heterocycles. The summed E-state index contributed by atoms with van der Waals surface area (Å²) in [5.74, 6) is 1.00. The van der Waals surface area contributed by atoms with Crippen LogP contribution >= 0.6 is 0 Å². The Morgan fingerprint density at radius 3 is 2.79 bits per heavy atom. The maximum absolute atomic E-state index is 13.3. The molecule has 0 amide bonds. The number of hydrogen-bond acceptors (Lipinski definition) is 1. The van der Waals surface area contributed by atoms with Crippen LogP contribution in [0.25, 0.3) is 0 Å². The lowest BCUT2D eigenvalue weighted by Gasteiger charge is -2.38. The molecule has 3 aliphatic carbocycles. The summed E-state index contributed by atoms with van der Waals surface area (Å²) in [5, 5.41) is 0. The van der Waals surface area contributed by atoms with Crippen LogP contribution < -0.4 is 0 Å². The smallest absolute Gasteiger partial charge is 0.182 e. The molecule has 2 heteroatoms. The maximum Gasteiger partial charge on any atom is 0.182 e. The topological polar surface area (TPSA) is 17.1 Å². The molecule has 3 aliphatic rings. The number of halogens is 1. The van der Waals surface area contributed by atoms with E-state index in [0.717, 1.165) is 31.3 Å². The Bertz CT molecular complexity index is 639. The second-order valence-electron chi connectivity index (χ2n) is 5.76. The van der Waals surface area contributed by atoms with Gasteiger partial charge in [-0.15, -0.1) is 0 Å². The zero-order valence-electron chi connectivity index (χ0n) is 10.7. The van der Waals surface area contributed by atoms with Gasteiger partial charge in [0.25, 0.3) is 0 Å². The minimum atomic E-state index is -0.135. The molecule has 19 heavy (non-hydrogen) atoms. The average Bonchev–Trinajstić information content (AvgIpc) is 2.80. The highest BCUT2D eigenvalue weighted by Gasteiger charge is 2.38. The molecule has 0 fully saturated rings. The van der Waals surface area contributed by atoms with Crippen LogP contribution in [-0.4, -0.2) is 5.78 Å². The Labute approximate surface area is 111 Å². The van der Waals surface area contributed by atoms with Crippen molar-refractivity contribution < 1.29 is 9.18 Å². The molecule has 0 aliphatic heterocycles. The minimum Gasteiger partial charge on any atom is -0.290 e. The monoisotopic (exact) mass is 254 g/mol. The molecule has 1 aromatic rings. The Morgan fingerprint density at radius 2 is 1.89 bits per heavy atom. The second-order valence-corrected chi connectivity index (χ2v) is 5.76. The van der Waals surface area contributed by atoms with Gasteiger partial charge in [0.2, 0.25) is 0 Å². The summed E-state index contributed by atoms with van der Waals surface area (Å²) in [6.45, 7) is 0. The molecule has 0 saturated carbocycles. The number of carbonyl (C=O) groups excluding carboxylic acids is 1. The Morgan fingerprint density at radius 1 is 1.05 bits per heavy atom. The molecule has 0 N–H and O–H groups in total. The highest BCUT2D eigenvalue weighted by molar-refractivity contribution is 6.08. The lowest BCUT2D eigenvalue weighted by Crippen LogP contribution is -2.26. The molecular formula is C17H15FO. The van der Waals surface area contributed by atoms with Crippen LogP contribution in [0.2, 0.25) is 0 Å². The van der Waals surface area contributed by atoms with E-state index < -0.39 is 0 Å². The van der Waals surface area contributed by atoms with Crippen LogP contribution in [0.1, 0.15) is 36.3 Å². The first-order valence-electron chi connectivity index (χ1n) is 6.98. The summed E-state index contributed by atoms with van der Waals surface area (Å²) in [6.07, 6.45) is 7.59. The normalized spacial score (nSPS) is 28.2. The van der Waals surface area contributed by atoms with E-state index in [-0.39, 0.29) is 11.6 Å². The highest BCUT2D eigenvalue weighted by atomic mass is 19.1. The van der Waals surface area contributed by atoms with Gasteiger partial charge in [-0.2, -0.15) is 0 Å². The maximum atomic E-state index is 13.3. The summed E-state index contributed by atoms with van der Waals surface area (Å²) in [5.41, 5.74) is 4.76. The van der Waals surface area contributed by atoms with Crippen molar-refractivity contribution in [2.75, 3.05) is 0 Å². The number of allylic oxidation sites excluding steroid dienone is 4. The van der Waals surface area contributed by atoms with Gasteiger partial charge in [-0.05, 0) is 72.4 Å². The van der Waals surface area contributed by atoms with E-state index in [9.17, 15) is 9.18 Å².